The fourth-order valence-electron chi connectivity index (χ4n) is 2.00. The van der Waals surface area contributed by atoms with Gasteiger partial charge in [0.1, 0.15) is 0 Å². The number of halogens is 4. The van der Waals surface area contributed by atoms with E-state index in [0.717, 1.165) is 24.3 Å². The zero-order chi connectivity index (χ0) is 19.2. The summed E-state index contributed by atoms with van der Waals surface area (Å²) in [6.07, 6.45) is -3.81. The third kappa shape index (κ3) is 7.61. The van der Waals surface area contributed by atoms with E-state index < -0.39 is 17.6 Å². The molecule has 1 rings (SSSR count). The lowest BCUT2D eigenvalue weighted by Gasteiger charge is -2.21. The van der Waals surface area contributed by atoms with Crippen LogP contribution in [0.25, 0.3) is 0 Å². The van der Waals surface area contributed by atoms with E-state index >= 15 is 0 Å². The Kier molecular flexibility index (Phi) is 9.66. The van der Waals surface area contributed by atoms with Crippen molar-refractivity contribution < 1.29 is 22.8 Å². The number of alkyl halides is 3. The van der Waals surface area contributed by atoms with Crippen LogP contribution in [0.15, 0.2) is 24.3 Å². The molecule has 0 bridgehead atoms. The van der Waals surface area contributed by atoms with Crippen LogP contribution in [-0.2, 0) is 11.0 Å². The van der Waals surface area contributed by atoms with Gasteiger partial charge in [0.05, 0.1) is 12.1 Å². The number of carbonyl (C=O) groups is 2. The number of likely N-dealkylation sites (N-methyl/N-ethyl adjacent to an activating group) is 1. The van der Waals surface area contributed by atoms with Gasteiger partial charge in [-0.05, 0) is 36.6 Å². The molecular formula is C17H25ClF3N3O2. The highest BCUT2D eigenvalue weighted by Crippen LogP contribution is 2.29. The Balaban J connectivity index is 0.00000625. The summed E-state index contributed by atoms with van der Waals surface area (Å²) < 4.78 is 37.4. The molecule has 0 aliphatic carbocycles. The smallest absolute Gasteiger partial charge is 0.344 e. The molecule has 1 atom stereocenters. The van der Waals surface area contributed by atoms with Gasteiger partial charge < -0.3 is 16.0 Å². The molecule has 1 unspecified atom stereocenters. The number of amides is 2. The van der Waals surface area contributed by atoms with Gasteiger partial charge in [-0.25, -0.2) is 0 Å². The summed E-state index contributed by atoms with van der Waals surface area (Å²) >= 11 is 0. The molecule has 0 heterocycles. The fraction of sp³-hybridized carbons (Fsp3) is 0.529. The Bertz CT molecular complexity index is 592. The van der Waals surface area contributed by atoms with E-state index in [4.69, 9.17) is 5.73 Å². The molecular weight excluding hydrogens is 371 g/mol. The minimum absolute atomic E-state index is 0. The van der Waals surface area contributed by atoms with Gasteiger partial charge in [-0.15, -0.1) is 12.4 Å². The summed E-state index contributed by atoms with van der Waals surface area (Å²) in [5.41, 5.74) is 5.15. The van der Waals surface area contributed by atoms with E-state index in [1.807, 2.05) is 13.8 Å². The van der Waals surface area contributed by atoms with Crippen molar-refractivity contribution in [2.45, 2.75) is 32.5 Å². The van der Waals surface area contributed by atoms with Gasteiger partial charge in [0.25, 0.3) is 5.91 Å². The normalized spacial score (nSPS) is 12.3. The number of rotatable bonds is 7. The molecule has 0 saturated carbocycles. The highest BCUT2D eigenvalue weighted by atomic mass is 35.5. The van der Waals surface area contributed by atoms with Crippen LogP contribution in [0.1, 0.15) is 36.2 Å². The number of carbonyl (C=O) groups excluding carboxylic acids is 2. The second-order valence-electron chi connectivity index (χ2n) is 6.27. The summed E-state index contributed by atoms with van der Waals surface area (Å²) in [7, 11) is 1.61. The Labute approximate surface area is 157 Å². The molecule has 0 saturated heterocycles. The van der Waals surface area contributed by atoms with Crippen LogP contribution in [0, 0.1) is 5.92 Å². The second-order valence-corrected chi connectivity index (χ2v) is 6.27. The average molecular weight is 396 g/mol. The average Bonchev–Trinajstić information content (AvgIpc) is 2.55. The van der Waals surface area contributed by atoms with E-state index in [0.29, 0.717) is 18.9 Å². The highest BCUT2D eigenvalue weighted by Gasteiger charge is 2.30. The lowest BCUT2D eigenvalue weighted by molar-refractivity contribution is -0.137. The molecule has 148 valence electrons. The number of hydrogen-bond donors (Lipinski definition) is 2. The number of benzene rings is 1. The lowest BCUT2D eigenvalue weighted by Crippen LogP contribution is -2.40. The highest BCUT2D eigenvalue weighted by molar-refractivity contribution is 5.96. The summed E-state index contributed by atoms with van der Waals surface area (Å²) in [5.74, 6) is -0.589. The van der Waals surface area contributed by atoms with Crippen molar-refractivity contribution in [3.05, 3.63) is 35.4 Å². The van der Waals surface area contributed by atoms with Crippen LogP contribution in [0.5, 0.6) is 0 Å². The molecule has 3 N–H and O–H groups in total. The summed E-state index contributed by atoms with van der Waals surface area (Å²) in [6.45, 7) is 4.23. The zero-order valence-corrected chi connectivity index (χ0v) is 15.8. The standard InChI is InChI=1S/C17H24F3N3O2.ClH/c1-11(2)14(21)8-9-23(3)15(24)10-22-16(25)12-4-6-13(7-5-12)17(18,19)20;/h4-7,11,14H,8-10,21H2,1-3H3,(H,22,25);1H. The topological polar surface area (TPSA) is 75.4 Å². The summed E-state index contributed by atoms with van der Waals surface area (Å²) in [5, 5.41) is 2.41. The molecule has 1 aromatic rings. The third-order valence-corrected chi connectivity index (χ3v) is 3.95. The van der Waals surface area contributed by atoms with Crippen LogP contribution in [0.2, 0.25) is 0 Å². The molecule has 0 aliphatic heterocycles. The van der Waals surface area contributed by atoms with Crippen LogP contribution < -0.4 is 11.1 Å². The van der Waals surface area contributed by atoms with Gasteiger partial charge in [-0.3, -0.25) is 9.59 Å². The van der Waals surface area contributed by atoms with Crippen molar-refractivity contribution in [2.75, 3.05) is 20.1 Å². The van der Waals surface area contributed by atoms with E-state index in [9.17, 15) is 22.8 Å². The fourth-order valence-corrected chi connectivity index (χ4v) is 2.00. The summed E-state index contributed by atoms with van der Waals surface area (Å²) in [4.78, 5) is 25.3. The first-order valence-corrected chi connectivity index (χ1v) is 7.97. The monoisotopic (exact) mass is 395 g/mol. The molecule has 1 aromatic carbocycles. The van der Waals surface area contributed by atoms with Gasteiger partial charge in [0.2, 0.25) is 5.91 Å². The Morgan fingerprint density at radius 2 is 1.73 bits per heavy atom. The first-order valence-electron chi connectivity index (χ1n) is 7.97. The van der Waals surface area contributed by atoms with E-state index in [-0.39, 0.29) is 36.5 Å². The SMILES string of the molecule is CC(C)C(N)CCN(C)C(=O)CNC(=O)c1ccc(C(F)(F)F)cc1.Cl. The van der Waals surface area contributed by atoms with E-state index in [1.54, 1.807) is 7.05 Å². The van der Waals surface area contributed by atoms with Crippen molar-refractivity contribution in [3.8, 4) is 0 Å². The molecule has 0 aliphatic rings. The minimum Gasteiger partial charge on any atom is -0.344 e. The third-order valence-electron chi connectivity index (χ3n) is 3.95. The first-order chi connectivity index (χ1) is 11.5. The molecule has 5 nitrogen and oxygen atoms in total. The van der Waals surface area contributed by atoms with Gasteiger partial charge in [0, 0.05) is 25.2 Å². The maximum absolute atomic E-state index is 12.5. The lowest BCUT2D eigenvalue weighted by atomic mass is 10.0. The molecule has 0 fully saturated rings. The minimum atomic E-state index is -4.45. The van der Waals surface area contributed by atoms with Crippen LogP contribution >= 0.6 is 12.4 Å². The number of nitrogens with one attached hydrogen (secondary N) is 1. The number of nitrogens with zero attached hydrogens (tertiary/aromatic N) is 1. The van der Waals surface area contributed by atoms with Gasteiger partial charge in [0.15, 0.2) is 0 Å². The maximum atomic E-state index is 12.5. The molecule has 0 aromatic heterocycles. The largest absolute Gasteiger partial charge is 0.416 e. The quantitative estimate of drug-likeness (QED) is 0.745. The molecule has 0 spiro atoms. The molecule has 26 heavy (non-hydrogen) atoms. The zero-order valence-electron chi connectivity index (χ0n) is 15.0. The van der Waals surface area contributed by atoms with Gasteiger partial charge in [-0.2, -0.15) is 13.2 Å². The Morgan fingerprint density at radius 3 is 2.19 bits per heavy atom. The molecule has 9 heteroatoms. The molecule has 2 amide bonds. The number of nitrogens with two attached hydrogens (primary N) is 1. The van der Waals surface area contributed by atoms with Crippen molar-refractivity contribution in [3.63, 3.8) is 0 Å². The molecule has 0 radical (unpaired) electrons. The Morgan fingerprint density at radius 1 is 1.19 bits per heavy atom. The van der Waals surface area contributed by atoms with Gasteiger partial charge >= 0.3 is 6.18 Å². The number of hydrogen-bond acceptors (Lipinski definition) is 3. The van der Waals surface area contributed by atoms with Crippen molar-refractivity contribution in [1.82, 2.24) is 10.2 Å². The van der Waals surface area contributed by atoms with Crippen LogP contribution in [0.4, 0.5) is 13.2 Å². The predicted octanol–water partition coefficient (Wildman–Crippen LogP) is 2.69. The van der Waals surface area contributed by atoms with Crippen LogP contribution in [0.3, 0.4) is 0 Å². The summed E-state index contributed by atoms with van der Waals surface area (Å²) in [6, 6.07) is 3.80. The Hall–Kier alpha value is -1.80. The van der Waals surface area contributed by atoms with Crippen molar-refractivity contribution >= 4 is 24.2 Å². The van der Waals surface area contributed by atoms with E-state index in [1.165, 1.54) is 4.90 Å². The van der Waals surface area contributed by atoms with Crippen LogP contribution in [-0.4, -0.2) is 42.9 Å². The second kappa shape index (κ2) is 10.4. The maximum Gasteiger partial charge on any atom is 0.416 e. The van der Waals surface area contributed by atoms with Crippen molar-refractivity contribution in [2.24, 2.45) is 11.7 Å². The first kappa shape index (κ1) is 24.2. The van der Waals surface area contributed by atoms with Crippen molar-refractivity contribution in [1.29, 1.82) is 0 Å². The predicted molar refractivity (Wildman–Crippen MR) is 96.1 cm³/mol. The van der Waals surface area contributed by atoms with E-state index in [2.05, 4.69) is 5.32 Å². The van der Waals surface area contributed by atoms with Gasteiger partial charge in [-0.1, -0.05) is 13.8 Å².